The molecule has 30 heavy (non-hydrogen) atoms. The van der Waals surface area contributed by atoms with Crippen LogP contribution in [0.2, 0.25) is 0 Å². The predicted molar refractivity (Wildman–Crippen MR) is 116 cm³/mol. The Morgan fingerprint density at radius 2 is 1.73 bits per heavy atom. The summed E-state index contributed by atoms with van der Waals surface area (Å²) in [5.41, 5.74) is 3.16. The van der Waals surface area contributed by atoms with Gasteiger partial charge < -0.3 is 14.7 Å². The molecule has 0 aliphatic rings. The van der Waals surface area contributed by atoms with Crippen LogP contribution in [0.1, 0.15) is 21.5 Å². The fraction of sp³-hybridized carbons (Fsp3) is 0.240. The number of nitrogens with zero attached hydrogens (tertiary/aromatic N) is 1. The number of likely N-dealkylation sites (N-methyl/N-ethyl adjacent to an activating group) is 1. The molecule has 0 saturated carbocycles. The zero-order valence-corrected chi connectivity index (χ0v) is 17.3. The Morgan fingerprint density at radius 3 is 2.40 bits per heavy atom. The van der Waals surface area contributed by atoms with Gasteiger partial charge in [0.15, 0.2) is 5.78 Å². The van der Waals surface area contributed by atoms with Crippen molar-refractivity contribution in [2.75, 3.05) is 27.2 Å². The molecule has 5 heteroatoms. The monoisotopic (exact) mass is 407 g/mol. The normalized spacial score (nSPS) is 11.0. The first-order valence-electron chi connectivity index (χ1n) is 9.86. The first kappa shape index (κ1) is 21.7. The highest BCUT2D eigenvalue weighted by atomic mass is 19.1. The van der Waals surface area contributed by atoms with Gasteiger partial charge in [-0.15, -0.1) is 0 Å². The number of carbonyl (C=O) groups is 1. The van der Waals surface area contributed by atoms with Crippen LogP contribution in [-0.2, 0) is 13.0 Å². The number of aliphatic hydroxyl groups is 1. The summed E-state index contributed by atoms with van der Waals surface area (Å²) in [6.45, 7) is 1.05. The van der Waals surface area contributed by atoms with E-state index in [2.05, 4.69) is 0 Å². The average Bonchev–Trinajstić information content (AvgIpc) is 2.74. The van der Waals surface area contributed by atoms with E-state index in [1.54, 1.807) is 36.4 Å². The van der Waals surface area contributed by atoms with Gasteiger partial charge in [-0.2, -0.15) is 0 Å². The molecule has 0 fully saturated rings. The highest BCUT2D eigenvalue weighted by Crippen LogP contribution is 2.27. The molecule has 4 nitrogen and oxygen atoms in total. The van der Waals surface area contributed by atoms with Crippen LogP contribution < -0.4 is 4.74 Å². The summed E-state index contributed by atoms with van der Waals surface area (Å²) in [5.74, 6) is 0.254. The molecule has 1 N–H and O–H groups in total. The lowest BCUT2D eigenvalue weighted by Gasteiger charge is -2.12. The number of ketones is 1. The summed E-state index contributed by atoms with van der Waals surface area (Å²) >= 11 is 0. The number of hydrogen-bond acceptors (Lipinski definition) is 4. The minimum Gasteiger partial charge on any atom is -0.492 e. The first-order chi connectivity index (χ1) is 14.5. The average molecular weight is 407 g/mol. The molecule has 0 atom stereocenters. The highest BCUT2D eigenvalue weighted by molar-refractivity contribution is 5.98. The molecule has 0 heterocycles. The molecule has 3 rings (SSSR count). The summed E-state index contributed by atoms with van der Waals surface area (Å²) in [6, 6.07) is 19.4. The van der Waals surface area contributed by atoms with Crippen LogP contribution in [0, 0.1) is 5.82 Å². The second kappa shape index (κ2) is 10.1. The van der Waals surface area contributed by atoms with Crippen LogP contribution in [0.4, 0.5) is 4.39 Å². The van der Waals surface area contributed by atoms with Crippen LogP contribution in [0.5, 0.6) is 5.75 Å². The second-order valence-corrected chi connectivity index (χ2v) is 7.40. The van der Waals surface area contributed by atoms with Crippen molar-refractivity contribution in [3.05, 3.63) is 89.2 Å². The fourth-order valence-electron chi connectivity index (χ4n) is 3.16. The molecule has 0 saturated heterocycles. The van der Waals surface area contributed by atoms with Crippen molar-refractivity contribution in [1.82, 2.24) is 4.90 Å². The maximum atomic E-state index is 14.1. The van der Waals surface area contributed by atoms with Gasteiger partial charge in [-0.3, -0.25) is 4.79 Å². The van der Waals surface area contributed by atoms with E-state index in [-0.39, 0.29) is 24.4 Å². The van der Waals surface area contributed by atoms with Gasteiger partial charge in [-0.25, -0.2) is 4.39 Å². The van der Waals surface area contributed by atoms with E-state index in [9.17, 15) is 14.3 Å². The Balaban J connectivity index is 1.74. The maximum absolute atomic E-state index is 14.1. The van der Waals surface area contributed by atoms with Gasteiger partial charge in [0.2, 0.25) is 0 Å². The minimum absolute atomic E-state index is 0.0188. The third-order valence-corrected chi connectivity index (χ3v) is 4.89. The number of halogens is 1. The molecule has 0 aliphatic heterocycles. The number of carbonyl (C=O) groups excluding carboxylic acids is 1. The topological polar surface area (TPSA) is 49.8 Å². The van der Waals surface area contributed by atoms with Crippen molar-refractivity contribution in [1.29, 1.82) is 0 Å². The van der Waals surface area contributed by atoms with Crippen molar-refractivity contribution in [2.45, 2.75) is 13.0 Å². The quantitative estimate of drug-likeness (QED) is 0.536. The fourth-order valence-corrected chi connectivity index (χ4v) is 3.16. The van der Waals surface area contributed by atoms with Crippen molar-refractivity contribution in [2.24, 2.45) is 0 Å². The Labute approximate surface area is 176 Å². The lowest BCUT2D eigenvalue weighted by Crippen LogP contribution is -2.19. The van der Waals surface area contributed by atoms with Crippen LogP contribution in [0.3, 0.4) is 0 Å². The highest BCUT2D eigenvalue weighted by Gasteiger charge is 2.13. The standard InChI is InChI=1S/C25H26FNO3/c1-27(2)13-14-30-22-11-9-18(10-12-22)25(29)16-19-5-3-4-6-23(19)20-7-8-21(17-28)24(26)15-20/h3-12,15,28H,13-14,16-17H2,1-2H3. The third kappa shape index (κ3) is 5.53. The van der Waals surface area contributed by atoms with Crippen molar-refractivity contribution in [3.8, 4) is 16.9 Å². The van der Waals surface area contributed by atoms with Crippen LogP contribution in [-0.4, -0.2) is 43.0 Å². The zero-order chi connectivity index (χ0) is 21.5. The lowest BCUT2D eigenvalue weighted by molar-refractivity contribution is 0.0993. The minimum atomic E-state index is -0.457. The van der Waals surface area contributed by atoms with E-state index in [1.165, 1.54) is 6.07 Å². The van der Waals surface area contributed by atoms with Gasteiger partial charge in [0.05, 0.1) is 6.61 Å². The van der Waals surface area contributed by atoms with E-state index < -0.39 is 5.82 Å². The largest absolute Gasteiger partial charge is 0.492 e. The van der Waals surface area contributed by atoms with Crippen molar-refractivity contribution in [3.63, 3.8) is 0 Å². The third-order valence-electron chi connectivity index (χ3n) is 4.89. The van der Waals surface area contributed by atoms with Gasteiger partial charge >= 0.3 is 0 Å². The molecule has 0 bridgehead atoms. The molecule has 3 aromatic carbocycles. The molecular weight excluding hydrogens is 381 g/mol. The van der Waals surface area contributed by atoms with Crippen LogP contribution in [0.15, 0.2) is 66.7 Å². The van der Waals surface area contributed by atoms with Crippen LogP contribution in [0.25, 0.3) is 11.1 Å². The van der Waals surface area contributed by atoms with Gasteiger partial charge in [0.25, 0.3) is 0 Å². The Morgan fingerprint density at radius 1 is 1.00 bits per heavy atom. The van der Waals surface area contributed by atoms with Gasteiger partial charge in [0, 0.05) is 24.1 Å². The zero-order valence-electron chi connectivity index (χ0n) is 17.3. The number of benzene rings is 3. The number of hydrogen-bond donors (Lipinski definition) is 1. The maximum Gasteiger partial charge on any atom is 0.167 e. The smallest absolute Gasteiger partial charge is 0.167 e. The Bertz CT molecular complexity index is 1000. The van der Waals surface area contributed by atoms with Gasteiger partial charge in [-0.1, -0.05) is 36.4 Å². The number of ether oxygens (including phenoxy) is 1. The van der Waals surface area contributed by atoms with Crippen molar-refractivity contribution < 1.29 is 19.0 Å². The summed E-state index contributed by atoms with van der Waals surface area (Å²) in [4.78, 5) is 14.9. The molecule has 0 aromatic heterocycles. The number of Topliss-reactive ketones (excluding diaryl/α,β-unsaturated/α-hetero) is 1. The Kier molecular flexibility index (Phi) is 7.33. The molecule has 0 unspecified atom stereocenters. The van der Waals surface area contributed by atoms with E-state index in [0.717, 1.165) is 23.4 Å². The summed E-state index contributed by atoms with van der Waals surface area (Å²) < 4.78 is 19.8. The second-order valence-electron chi connectivity index (χ2n) is 7.40. The molecule has 156 valence electrons. The van der Waals surface area contributed by atoms with Gasteiger partial charge in [-0.05, 0) is 61.1 Å². The van der Waals surface area contributed by atoms with Gasteiger partial charge in [0.1, 0.15) is 18.2 Å². The molecule has 0 aliphatic carbocycles. The predicted octanol–water partition coefficient (Wildman–Crippen LogP) is 4.35. The summed E-state index contributed by atoms with van der Waals surface area (Å²) in [5, 5.41) is 9.18. The van der Waals surface area contributed by atoms with E-state index in [1.807, 2.05) is 43.3 Å². The Hall–Kier alpha value is -3.02. The number of aliphatic hydroxyl groups excluding tert-OH is 1. The molecule has 0 amide bonds. The van der Waals surface area contributed by atoms with E-state index in [4.69, 9.17) is 4.74 Å². The first-order valence-corrected chi connectivity index (χ1v) is 9.86. The molecular formula is C25H26FNO3. The van der Waals surface area contributed by atoms with E-state index in [0.29, 0.717) is 17.7 Å². The lowest BCUT2D eigenvalue weighted by atomic mass is 9.94. The summed E-state index contributed by atoms with van der Waals surface area (Å²) in [6.07, 6.45) is 0.209. The van der Waals surface area contributed by atoms with Crippen LogP contribution >= 0.6 is 0 Å². The molecule has 3 aromatic rings. The molecule has 0 spiro atoms. The van der Waals surface area contributed by atoms with E-state index >= 15 is 0 Å². The number of rotatable bonds is 9. The summed E-state index contributed by atoms with van der Waals surface area (Å²) in [7, 11) is 3.97. The SMILES string of the molecule is CN(C)CCOc1ccc(C(=O)Cc2ccccc2-c2ccc(CO)c(F)c2)cc1. The van der Waals surface area contributed by atoms with Crippen molar-refractivity contribution >= 4 is 5.78 Å². The molecule has 0 radical (unpaired) electrons.